The lowest BCUT2D eigenvalue weighted by Crippen LogP contribution is -2.05. The van der Waals surface area contributed by atoms with E-state index >= 15 is 0 Å². The maximum atomic E-state index is 11.4. The quantitative estimate of drug-likeness (QED) is 0.444. The molecule has 19 heavy (non-hydrogen) atoms. The molecule has 0 spiro atoms. The lowest BCUT2D eigenvalue weighted by molar-refractivity contribution is 0.0600. The Morgan fingerprint density at radius 1 is 1.21 bits per heavy atom. The van der Waals surface area contributed by atoms with Crippen molar-refractivity contribution in [1.29, 1.82) is 0 Å². The monoisotopic (exact) mass is 265 g/mol. The molecule has 0 aliphatic rings. The summed E-state index contributed by atoms with van der Waals surface area (Å²) in [5.74, 6) is 0.172. The number of nitrogens with two attached hydrogens (primary N) is 1. The molecule has 0 radical (unpaired) electrons. The van der Waals surface area contributed by atoms with Gasteiger partial charge in [0.05, 0.1) is 25.0 Å². The fourth-order valence-electron chi connectivity index (χ4n) is 1.79. The number of methoxy groups -OCH3 is 1. The Morgan fingerprint density at radius 2 is 1.95 bits per heavy atom. The Labute approximate surface area is 114 Å². The van der Waals surface area contributed by atoms with Gasteiger partial charge in [0.25, 0.3) is 0 Å². The molecular weight excluding hydrogens is 242 g/mol. The van der Waals surface area contributed by atoms with Crippen LogP contribution in [0.5, 0.6) is 5.75 Å². The molecule has 0 aliphatic carbocycles. The zero-order valence-corrected chi connectivity index (χ0v) is 11.8. The number of hydrogen-bond donors (Lipinski definition) is 1. The fraction of sp³-hybridized carbons (Fsp3) is 0.533. The summed E-state index contributed by atoms with van der Waals surface area (Å²) in [5.41, 5.74) is 6.82. The van der Waals surface area contributed by atoms with Crippen molar-refractivity contribution in [2.75, 3.05) is 19.5 Å². The van der Waals surface area contributed by atoms with Crippen LogP contribution < -0.4 is 10.5 Å². The van der Waals surface area contributed by atoms with Gasteiger partial charge in [-0.05, 0) is 24.6 Å². The van der Waals surface area contributed by atoms with E-state index in [1.165, 1.54) is 26.4 Å². The first-order valence-electron chi connectivity index (χ1n) is 6.79. The van der Waals surface area contributed by atoms with Gasteiger partial charge < -0.3 is 15.2 Å². The highest BCUT2D eigenvalue weighted by atomic mass is 16.5. The first-order valence-corrected chi connectivity index (χ1v) is 6.79. The Balaban J connectivity index is 2.46. The number of benzene rings is 1. The van der Waals surface area contributed by atoms with Gasteiger partial charge in [-0.3, -0.25) is 0 Å². The van der Waals surface area contributed by atoms with Crippen molar-refractivity contribution in [2.45, 2.75) is 39.0 Å². The van der Waals surface area contributed by atoms with Gasteiger partial charge in [0.2, 0.25) is 0 Å². The lowest BCUT2D eigenvalue weighted by atomic mass is 10.1. The minimum Gasteiger partial charge on any atom is -0.491 e. The maximum Gasteiger partial charge on any atom is 0.337 e. The van der Waals surface area contributed by atoms with Gasteiger partial charge in [0, 0.05) is 0 Å². The van der Waals surface area contributed by atoms with Gasteiger partial charge in [-0.1, -0.05) is 32.6 Å². The summed E-state index contributed by atoms with van der Waals surface area (Å²) in [4.78, 5) is 11.4. The highest BCUT2D eigenvalue weighted by Crippen LogP contribution is 2.23. The predicted octanol–water partition coefficient (Wildman–Crippen LogP) is 3.40. The maximum absolute atomic E-state index is 11.4. The van der Waals surface area contributed by atoms with Crippen molar-refractivity contribution < 1.29 is 14.3 Å². The predicted molar refractivity (Wildman–Crippen MR) is 76.4 cm³/mol. The van der Waals surface area contributed by atoms with Crippen molar-refractivity contribution in [3.05, 3.63) is 23.8 Å². The van der Waals surface area contributed by atoms with Gasteiger partial charge >= 0.3 is 5.97 Å². The molecule has 0 aromatic heterocycles. The summed E-state index contributed by atoms with van der Waals surface area (Å²) in [6.07, 6.45) is 5.89. The number of esters is 1. The van der Waals surface area contributed by atoms with Crippen LogP contribution in [0.25, 0.3) is 0 Å². The Hall–Kier alpha value is -1.71. The molecule has 0 aliphatic heterocycles. The molecule has 0 amide bonds. The minimum atomic E-state index is -0.382. The molecule has 4 heteroatoms. The van der Waals surface area contributed by atoms with Crippen LogP contribution in [0.4, 0.5) is 5.69 Å². The van der Waals surface area contributed by atoms with Crippen LogP contribution in [0, 0.1) is 0 Å². The summed E-state index contributed by atoms with van der Waals surface area (Å²) >= 11 is 0. The van der Waals surface area contributed by atoms with Crippen LogP contribution in [0.1, 0.15) is 49.4 Å². The average Bonchev–Trinajstić information content (AvgIpc) is 2.43. The van der Waals surface area contributed by atoms with Crippen LogP contribution in [0.2, 0.25) is 0 Å². The summed E-state index contributed by atoms with van der Waals surface area (Å²) in [6, 6.07) is 4.93. The first-order chi connectivity index (χ1) is 9.19. The molecule has 4 nitrogen and oxygen atoms in total. The zero-order chi connectivity index (χ0) is 14.1. The first kappa shape index (κ1) is 15.3. The van der Waals surface area contributed by atoms with E-state index in [2.05, 4.69) is 11.7 Å². The number of unbranched alkanes of at least 4 members (excludes halogenated alkanes) is 4. The Bertz CT molecular complexity index is 404. The topological polar surface area (TPSA) is 61.5 Å². The Morgan fingerprint density at radius 3 is 2.63 bits per heavy atom. The second kappa shape index (κ2) is 8.40. The molecule has 1 rings (SSSR count). The zero-order valence-electron chi connectivity index (χ0n) is 11.8. The molecule has 0 saturated heterocycles. The largest absolute Gasteiger partial charge is 0.491 e. The van der Waals surface area contributed by atoms with Crippen molar-refractivity contribution in [3.8, 4) is 5.75 Å². The number of carbonyl (C=O) groups excluding carboxylic acids is 1. The van der Waals surface area contributed by atoms with Crippen molar-refractivity contribution in [3.63, 3.8) is 0 Å². The van der Waals surface area contributed by atoms with Crippen molar-refractivity contribution >= 4 is 11.7 Å². The summed E-state index contributed by atoms with van der Waals surface area (Å²) in [6.45, 7) is 2.81. The fourth-order valence-corrected chi connectivity index (χ4v) is 1.79. The van der Waals surface area contributed by atoms with Crippen LogP contribution in [0.15, 0.2) is 18.2 Å². The molecule has 1 aromatic carbocycles. The average molecular weight is 265 g/mol. The van der Waals surface area contributed by atoms with E-state index in [-0.39, 0.29) is 5.97 Å². The molecule has 0 bridgehead atoms. The van der Waals surface area contributed by atoms with E-state index in [4.69, 9.17) is 10.5 Å². The van der Waals surface area contributed by atoms with E-state index < -0.39 is 0 Å². The second-order valence-corrected chi connectivity index (χ2v) is 4.51. The van der Waals surface area contributed by atoms with E-state index in [0.717, 1.165) is 12.8 Å². The lowest BCUT2D eigenvalue weighted by Gasteiger charge is -2.10. The van der Waals surface area contributed by atoms with Gasteiger partial charge in [-0.2, -0.15) is 0 Å². The number of hydrogen-bond acceptors (Lipinski definition) is 4. The third-order valence-electron chi connectivity index (χ3n) is 2.94. The molecule has 0 atom stereocenters. The highest BCUT2D eigenvalue weighted by molar-refractivity contribution is 5.90. The summed E-state index contributed by atoms with van der Waals surface area (Å²) in [5, 5.41) is 0. The van der Waals surface area contributed by atoms with E-state index in [1.807, 2.05) is 0 Å². The molecule has 0 heterocycles. The van der Waals surface area contributed by atoms with Crippen LogP contribution in [-0.2, 0) is 4.74 Å². The van der Waals surface area contributed by atoms with Crippen molar-refractivity contribution in [1.82, 2.24) is 0 Å². The number of carbonyl (C=O) groups is 1. The van der Waals surface area contributed by atoms with E-state index in [1.54, 1.807) is 18.2 Å². The number of anilines is 1. The van der Waals surface area contributed by atoms with Gasteiger partial charge in [-0.25, -0.2) is 4.79 Å². The van der Waals surface area contributed by atoms with E-state index in [9.17, 15) is 4.79 Å². The molecule has 1 aromatic rings. The number of rotatable bonds is 8. The molecule has 0 saturated carbocycles. The summed E-state index contributed by atoms with van der Waals surface area (Å²) < 4.78 is 10.3. The molecule has 106 valence electrons. The molecule has 0 fully saturated rings. The van der Waals surface area contributed by atoms with Gasteiger partial charge in [-0.15, -0.1) is 0 Å². The number of ether oxygens (including phenoxy) is 2. The molecule has 0 unspecified atom stereocenters. The third kappa shape index (κ3) is 5.20. The SMILES string of the molecule is CCCCCCCOc1cc(C(=O)OC)ccc1N. The van der Waals surface area contributed by atoms with Crippen LogP contribution >= 0.6 is 0 Å². The highest BCUT2D eigenvalue weighted by Gasteiger charge is 2.09. The van der Waals surface area contributed by atoms with Crippen LogP contribution in [-0.4, -0.2) is 19.7 Å². The third-order valence-corrected chi connectivity index (χ3v) is 2.94. The minimum absolute atomic E-state index is 0.382. The smallest absolute Gasteiger partial charge is 0.337 e. The molecular formula is C15H23NO3. The summed E-state index contributed by atoms with van der Waals surface area (Å²) in [7, 11) is 1.35. The van der Waals surface area contributed by atoms with E-state index in [0.29, 0.717) is 23.6 Å². The molecule has 2 N–H and O–H groups in total. The van der Waals surface area contributed by atoms with Crippen molar-refractivity contribution in [2.24, 2.45) is 0 Å². The van der Waals surface area contributed by atoms with Crippen LogP contribution in [0.3, 0.4) is 0 Å². The van der Waals surface area contributed by atoms with Gasteiger partial charge in [0.15, 0.2) is 0 Å². The number of nitrogen functional groups attached to an aromatic ring is 1. The second-order valence-electron chi connectivity index (χ2n) is 4.51. The van der Waals surface area contributed by atoms with Gasteiger partial charge in [0.1, 0.15) is 5.75 Å². The Kier molecular flexibility index (Phi) is 6.79. The normalized spacial score (nSPS) is 10.2. The standard InChI is InChI=1S/C15H23NO3/c1-3-4-5-6-7-10-19-14-11-12(15(17)18-2)8-9-13(14)16/h8-9,11H,3-7,10,16H2,1-2H3.